The van der Waals surface area contributed by atoms with E-state index in [1.165, 1.54) is 44.9 Å². The first-order chi connectivity index (χ1) is 7.63. The lowest BCUT2D eigenvalue weighted by atomic mass is 9.78. The van der Waals surface area contributed by atoms with Gasteiger partial charge in [-0.1, -0.05) is 46.5 Å². The first-order valence-electron chi connectivity index (χ1n) is 7.30. The van der Waals surface area contributed by atoms with E-state index >= 15 is 0 Å². The molecule has 0 aromatic rings. The molecule has 0 saturated heterocycles. The van der Waals surface area contributed by atoms with Crippen molar-refractivity contribution in [2.75, 3.05) is 7.05 Å². The number of nitrogens with one attached hydrogen (secondary N) is 1. The molecule has 0 heterocycles. The van der Waals surface area contributed by atoms with Crippen LogP contribution in [0.1, 0.15) is 65.7 Å². The average Bonchev–Trinajstić information content (AvgIpc) is 2.26. The van der Waals surface area contributed by atoms with Gasteiger partial charge in [-0.05, 0) is 44.1 Å². The Morgan fingerprint density at radius 3 is 2.19 bits per heavy atom. The maximum Gasteiger partial charge on any atom is 0.00923 e. The highest BCUT2D eigenvalue weighted by atomic mass is 14.9. The van der Waals surface area contributed by atoms with E-state index in [1.54, 1.807) is 0 Å². The standard InChI is InChI=1S/C15H31N/c1-12(2)6-5-7-15(16-4)14-10-8-13(3)9-11-14/h12-16H,5-11H2,1-4H3. The predicted octanol–water partition coefficient (Wildman–Crippen LogP) is 4.23. The monoisotopic (exact) mass is 225 g/mol. The zero-order chi connectivity index (χ0) is 12.0. The number of rotatable bonds is 6. The Hall–Kier alpha value is -0.0400. The van der Waals surface area contributed by atoms with Crippen LogP contribution in [0.3, 0.4) is 0 Å². The molecule has 1 heteroatoms. The van der Waals surface area contributed by atoms with Crippen molar-refractivity contribution in [3.8, 4) is 0 Å². The van der Waals surface area contributed by atoms with Gasteiger partial charge >= 0.3 is 0 Å². The second-order valence-electron chi connectivity index (χ2n) is 6.24. The average molecular weight is 225 g/mol. The van der Waals surface area contributed by atoms with Crippen molar-refractivity contribution in [2.45, 2.75) is 71.8 Å². The maximum absolute atomic E-state index is 3.56. The molecule has 1 N–H and O–H groups in total. The van der Waals surface area contributed by atoms with Crippen LogP contribution in [0.4, 0.5) is 0 Å². The molecule has 1 nitrogen and oxygen atoms in total. The Labute approximate surface area is 102 Å². The van der Waals surface area contributed by atoms with E-state index in [4.69, 9.17) is 0 Å². The van der Waals surface area contributed by atoms with Crippen LogP contribution in [0, 0.1) is 17.8 Å². The maximum atomic E-state index is 3.56. The normalized spacial score (nSPS) is 28.3. The lowest BCUT2D eigenvalue weighted by Gasteiger charge is -2.32. The zero-order valence-electron chi connectivity index (χ0n) is 11.8. The van der Waals surface area contributed by atoms with E-state index < -0.39 is 0 Å². The fourth-order valence-electron chi connectivity index (χ4n) is 3.05. The van der Waals surface area contributed by atoms with Crippen LogP contribution in [0.2, 0.25) is 0 Å². The Balaban J connectivity index is 2.24. The summed E-state index contributed by atoms with van der Waals surface area (Å²) < 4.78 is 0. The van der Waals surface area contributed by atoms with Gasteiger partial charge in [-0.25, -0.2) is 0 Å². The molecule has 1 aliphatic rings. The van der Waals surface area contributed by atoms with Crippen LogP contribution < -0.4 is 5.32 Å². The van der Waals surface area contributed by atoms with E-state index in [-0.39, 0.29) is 0 Å². The van der Waals surface area contributed by atoms with E-state index in [0.29, 0.717) is 0 Å². The highest BCUT2D eigenvalue weighted by Crippen LogP contribution is 2.31. The van der Waals surface area contributed by atoms with Crippen LogP contribution in [0.5, 0.6) is 0 Å². The third kappa shape index (κ3) is 4.86. The summed E-state index contributed by atoms with van der Waals surface area (Å²) in [6.07, 6.45) is 9.98. The molecular formula is C15H31N. The Kier molecular flexibility index (Phi) is 6.41. The van der Waals surface area contributed by atoms with Crippen molar-refractivity contribution in [3.63, 3.8) is 0 Å². The first kappa shape index (κ1) is 14.0. The van der Waals surface area contributed by atoms with Gasteiger partial charge in [0.15, 0.2) is 0 Å². The second kappa shape index (κ2) is 7.32. The van der Waals surface area contributed by atoms with Gasteiger partial charge in [-0.3, -0.25) is 0 Å². The Bertz CT molecular complexity index is 168. The predicted molar refractivity (Wildman–Crippen MR) is 72.7 cm³/mol. The van der Waals surface area contributed by atoms with Crippen LogP contribution in [0.15, 0.2) is 0 Å². The Morgan fingerprint density at radius 2 is 1.69 bits per heavy atom. The van der Waals surface area contributed by atoms with E-state index in [1.807, 2.05) is 0 Å². The van der Waals surface area contributed by atoms with E-state index in [9.17, 15) is 0 Å². The SMILES string of the molecule is CNC(CCCC(C)C)C1CCC(C)CC1. The van der Waals surface area contributed by atoms with Crippen molar-refractivity contribution in [1.29, 1.82) is 0 Å². The van der Waals surface area contributed by atoms with E-state index in [0.717, 1.165) is 23.8 Å². The molecule has 1 atom stereocenters. The number of hydrogen-bond acceptors (Lipinski definition) is 1. The van der Waals surface area contributed by atoms with Crippen molar-refractivity contribution in [1.82, 2.24) is 5.32 Å². The fraction of sp³-hybridized carbons (Fsp3) is 1.00. The lowest BCUT2D eigenvalue weighted by Crippen LogP contribution is -2.35. The van der Waals surface area contributed by atoms with Gasteiger partial charge in [0.2, 0.25) is 0 Å². The van der Waals surface area contributed by atoms with Gasteiger partial charge < -0.3 is 5.32 Å². The molecule has 1 rings (SSSR count). The third-order valence-electron chi connectivity index (χ3n) is 4.30. The van der Waals surface area contributed by atoms with Gasteiger partial charge in [-0.2, -0.15) is 0 Å². The summed E-state index contributed by atoms with van der Waals surface area (Å²) in [6, 6.07) is 0.784. The molecule has 0 amide bonds. The van der Waals surface area contributed by atoms with Gasteiger partial charge in [0.1, 0.15) is 0 Å². The number of hydrogen-bond donors (Lipinski definition) is 1. The summed E-state index contributed by atoms with van der Waals surface area (Å²) in [5.74, 6) is 2.79. The summed E-state index contributed by atoms with van der Waals surface area (Å²) in [6.45, 7) is 7.07. The summed E-state index contributed by atoms with van der Waals surface area (Å²) in [7, 11) is 2.15. The molecule has 1 fully saturated rings. The van der Waals surface area contributed by atoms with Gasteiger partial charge in [0.25, 0.3) is 0 Å². The summed E-state index contributed by atoms with van der Waals surface area (Å²) in [5, 5.41) is 3.56. The molecule has 0 spiro atoms. The molecule has 0 aromatic carbocycles. The van der Waals surface area contributed by atoms with Crippen LogP contribution in [0.25, 0.3) is 0 Å². The van der Waals surface area contributed by atoms with Crippen LogP contribution >= 0.6 is 0 Å². The molecule has 0 aromatic heterocycles. The lowest BCUT2D eigenvalue weighted by molar-refractivity contribution is 0.225. The molecule has 1 unspecified atom stereocenters. The van der Waals surface area contributed by atoms with Crippen molar-refractivity contribution in [2.24, 2.45) is 17.8 Å². The minimum Gasteiger partial charge on any atom is -0.317 e. The molecule has 0 aliphatic heterocycles. The summed E-state index contributed by atoms with van der Waals surface area (Å²) >= 11 is 0. The quantitative estimate of drug-likeness (QED) is 0.713. The largest absolute Gasteiger partial charge is 0.317 e. The first-order valence-corrected chi connectivity index (χ1v) is 7.30. The van der Waals surface area contributed by atoms with Gasteiger partial charge in [0.05, 0.1) is 0 Å². The van der Waals surface area contributed by atoms with Crippen LogP contribution in [-0.4, -0.2) is 13.1 Å². The molecule has 1 aliphatic carbocycles. The van der Waals surface area contributed by atoms with Gasteiger partial charge in [0, 0.05) is 6.04 Å². The highest BCUT2D eigenvalue weighted by molar-refractivity contribution is 4.80. The fourth-order valence-corrected chi connectivity index (χ4v) is 3.05. The molecule has 1 saturated carbocycles. The minimum atomic E-state index is 0.784. The summed E-state index contributed by atoms with van der Waals surface area (Å²) in [4.78, 5) is 0. The molecule has 96 valence electrons. The van der Waals surface area contributed by atoms with Gasteiger partial charge in [-0.15, -0.1) is 0 Å². The van der Waals surface area contributed by atoms with Crippen molar-refractivity contribution >= 4 is 0 Å². The summed E-state index contributed by atoms with van der Waals surface area (Å²) in [5.41, 5.74) is 0. The molecule has 16 heavy (non-hydrogen) atoms. The smallest absolute Gasteiger partial charge is 0.00923 e. The van der Waals surface area contributed by atoms with Crippen molar-refractivity contribution < 1.29 is 0 Å². The second-order valence-corrected chi connectivity index (χ2v) is 6.24. The topological polar surface area (TPSA) is 12.0 Å². The minimum absolute atomic E-state index is 0.784. The van der Waals surface area contributed by atoms with Crippen LogP contribution in [-0.2, 0) is 0 Å². The Morgan fingerprint density at radius 1 is 1.06 bits per heavy atom. The highest BCUT2D eigenvalue weighted by Gasteiger charge is 2.24. The molecule has 0 radical (unpaired) electrons. The van der Waals surface area contributed by atoms with Crippen molar-refractivity contribution in [3.05, 3.63) is 0 Å². The molecule has 0 bridgehead atoms. The zero-order valence-corrected chi connectivity index (χ0v) is 11.8. The molecular weight excluding hydrogens is 194 g/mol. The van der Waals surface area contributed by atoms with E-state index in [2.05, 4.69) is 33.1 Å². The third-order valence-corrected chi connectivity index (χ3v) is 4.30.